The first-order chi connectivity index (χ1) is 23.7. The SMILES string of the molecule is CC.COc1nc(N)nc2c1nc(C)n2C1OC(COP(NC(C(=O)OC2CCCCC2)C(C)C)Oc2cccc3ccccc23)CC1C. The van der Waals surface area contributed by atoms with Crippen LogP contribution < -0.4 is 20.1 Å². The third-order valence-corrected chi connectivity index (χ3v) is 10.1. The lowest BCUT2D eigenvalue weighted by molar-refractivity contribution is -0.153. The summed E-state index contributed by atoms with van der Waals surface area (Å²) in [6, 6.07) is 13.4. The van der Waals surface area contributed by atoms with E-state index in [4.69, 9.17) is 29.0 Å². The molecule has 2 aromatic heterocycles. The van der Waals surface area contributed by atoms with Crippen molar-refractivity contribution in [3.8, 4) is 11.6 Å². The number of nitrogen functional groups attached to an aromatic ring is 1. The van der Waals surface area contributed by atoms with E-state index in [0.717, 1.165) is 48.7 Å². The largest absolute Gasteiger partial charge is 0.479 e. The molecule has 1 aliphatic heterocycles. The van der Waals surface area contributed by atoms with Crippen LogP contribution in [0.4, 0.5) is 5.95 Å². The minimum absolute atomic E-state index is 0.0426. The molecular formula is C36H51N6O6P. The summed E-state index contributed by atoms with van der Waals surface area (Å²) < 4.78 is 33.0. The molecular weight excluding hydrogens is 643 g/mol. The lowest BCUT2D eigenvalue weighted by Gasteiger charge is -2.29. The fraction of sp³-hybridized carbons (Fsp3) is 0.556. The number of nitrogens with two attached hydrogens (primary N) is 1. The van der Waals surface area contributed by atoms with Gasteiger partial charge in [-0.1, -0.05) is 77.4 Å². The number of carbonyl (C=O) groups is 1. The minimum atomic E-state index is -1.78. The van der Waals surface area contributed by atoms with Crippen molar-refractivity contribution in [1.29, 1.82) is 0 Å². The second-order valence-electron chi connectivity index (χ2n) is 12.8. The van der Waals surface area contributed by atoms with Crippen molar-refractivity contribution >= 4 is 42.4 Å². The molecule has 0 spiro atoms. The van der Waals surface area contributed by atoms with Crippen LogP contribution in [0.5, 0.6) is 11.6 Å². The Balaban J connectivity index is 0.00000230. The van der Waals surface area contributed by atoms with Crippen molar-refractivity contribution in [3.63, 3.8) is 0 Å². The number of anilines is 1. The molecule has 0 radical (unpaired) electrons. The van der Waals surface area contributed by atoms with E-state index in [1.807, 2.05) is 81.7 Å². The number of methoxy groups -OCH3 is 1. The topological polar surface area (TPSA) is 145 Å². The molecule has 2 fully saturated rings. The molecule has 12 nitrogen and oxygen atoms in total. The Morgan fingerprint density at radius 2 is 1.82 bits per heavy atom. The van der Waals surface area contributed by atoms with Crippen LogP contribution in [-0.2, 0) is 18.8 Å². The van der Waals surface area contributed by atoms with E-state index in [0.29, 0.717) is 22.8 Å². The van der Waals surface area contributed by atoms with Gasteiger partial charge in [0.1, 0.15) is 29.9 Å². The van der Waals surface area contributed by atoms with E-state index in [-0.39, 0.29) is 48.8 Å². The highest BCUT2D eigenvalue weighted by molar-refractivity contribution is 7.45. The fourth-order valence-electron chi connectivity index (χ4n) is 6.47. The van der Waals surface area contributed by atoms with Gasteiger partial charge in [-0.3, -0.25) is 9.36 Å². The van der Waals surface area contributed by atoms with Gasteiger partial charge in [-0.2, -0.15) is 9.97 Å². The zero-order valence-corrected chi connectivity index (χ0v) is 30.6. The second-order valence-corrected chi connectivity index (χ2v) is 14.0. The second kappa shape index (κ2) is 16.9. The molecule has 4 aromatic rings. The minimum Gasteiger partial charge on any atom is -0.479 e. The molecule has 1 saturated carbocycles. The quantitative estimate of drug-likeness (QED) is 0.111. The third kappa shape index (κ3) is 8.60. The Morgan fingerprint density at radius 1 is 1.08 bits per heavy atom. The molecule has 266 valence electrons. The number of benzene rings is 2. The number of hydrogen-bond acceptors (Lipinski definition) is 11. The lowest BCUT2D eigenvalue weighted by atomic mass is 9.97. The molecule has 6 rings (SSSR count). The predicted octanol–water partition coefficient (Wildman–Crippen LogP) is 7.64. The number of fused-ring (bicyclic) bond motifs is 2. The average molecular weight is 695 g/mol. The lowest BCUT2D eigenvalue weighted by Crippen LogP contribution is -2.42. The average Bonchev–Trinajstić information content (AvgIpc) is 3.63. The van der Waals surface area contributed by atoms with E-state index >= 15 is 0 Å². The van der Waals surface area contributed by atoms with Gasteiger partial charge >= 0.3 is 14.5 Å². The van der Waals surface area contributed by atoms with Crippen molar-refractivity contribution in [2.24, 2.45) is 11.8 Å². The number of aromatic nitrogens is 4. The zero-order valence-electron chi connectivity index (χ0n) is 29.7. The van der Waals surface area contributed by atoms with E-state index < -0.39 is 14.6 Å². The Kier molecular flexibility index (Phi) is 12.7. The fourth-order valence-corrected chi connectivity index (χ4v) is 7.93. The summed E-state index contributed by atoms with van der Waals surface area (Å²) >= 11 is 0. The number of nitrogens with one attached hydrogen (secondary N) is 1. The number of nitrogens with zero attached hydrogens (tertiary/aromatic N) is 4. The van der Waals surface area contributed by atoms with Crippen LogP contribution in [0.3, 0.4) is 0 Å². The van der Waals surface area contributed by atoms with Gasteiger partial charge in [0.15, 0.2) is 11.2 Å². The first kappa shape index (κ1) is 36.7. The summed E-state index contributed by atoms with van der Waals surface area (Å²) in [6.45, 7) is 12.3. The number of imidazole rings is 1. The third-order valence-electron chi connectivity index (χ3n) is 8.91. The Bertz CT molecular complexity index is 1690. The first-order valence-electron chi connectivity index (χ1n) is 17.5. The highest BCUT2D eigenvalue weighted by Crippen LogP contribution is 2.43. The van der Waals surface area contributed by atoms with Crippen molar-refractivity contribution in [1.82, 2.24) is 24.6 Å². The molecule has 2 aliphatic rings. The smallest absolute Gasteiger partial charge is 0.324 e. The van der Waals surface area contributed by atoms with Crippen LogP contribution in [0.25, 0.3) is 21.9 Å². The maximum absolute atomic E-state index is 13.5. The standard InChI is InChI=1S/C34H45N6O6P.C2H6/c1-20(2)28(33(41)45-24-14-7-6-8-15-24)39-47(46-27-17-11-13-23-12-9-10-16-26(23)27)43-19-25-18-21(3)32(44-25)40-22(4)36-29-30(40)37-34(35)38-31(29)42-5;1-2/h9-13,16-17,20-21,24-25,28,32,39H,6-8,14-15,18-19H2,1-5H3,(H2,35,37,38);1-2H3. The molecule has 13 heteroatoms. The molecule has 49 heavy (non-hydrogen) atoms. The maximum Gasteiger partial charge on any atom is 0.324 e. The van der Waals surface area contributed by atoms with Crippen molar-refractivity contribution in [2.45, 2.75) is 105 Å². The van der Waals surface area contributed by atoms with Crippen LogP contribution in [0.15, 0.2) is 42.5 Å². The molecule has 3 N–H and O–H groups in total. The number of carbonyl (C=O) groups excluding carboxylic acids is 1. The normalized spacial score (nSPS) is 20.9. The monoisotopic (exact) mass is 694 g/mol. The maximum atomic E-state index is 13.5. The summed E-state index contributed by atoms with van der Waals surface area (Å²) in [5.41, 5.74) is 7.09. The van der Waals surface area contributed by atoms with Crippen molar-refractivity contribution in [2.75, 3.05) is 19.5 Å². The van der Waals surface area contributed by atoms with Gasteiger partial charge in [-0.05, 0) is 56.4 Å². The van der Waals surface area contributed by atoms with Gasteiger partial charge in [-0.15, -0.1) is 0 Å². The zero-order chi connectivity index (χ0) is 35.1. The van der Waals surface area contributed by atoms with E-state index in [1.54, 1.807) is 0 Å². The first-order valence-corrected chi connectivity index (χ1v) is 18.7. The number of esters is 1. The van der Waals surface area contributed by atoms with Gasteiger partial charge in [0.25, 0.3) is 0 Å². The highest BCUT2D eigenvalue weighted by Gasteiger charge is 2.38. The van der Waals surface area contributed by atoms with Crippen molar-refractivity contribution < 1.29 is 28.1 Å². The van der Waals surface area contributed by atoms with Crippen LogP contribution in [0.1, 0.15) is 85.2 Å². The van der Waals surface area contributed by atoms with E-state index in [1.165, 1.54) is 13.5 Å². The number of aryl methyl sites for hydroxylation is 1. The molecule has 0 bridgehead atoms. The Labute approximate surface area is 290 Å². The molecule has 5 atom stereocenters. The summed E-state index contributed by atoms with van der Waals surface area (Å²) in [5.74, 6) is 1.62. The van der Waals surface area contributed by atoms with Crippen LogP contribution in [0, 0.1) is 18.8 Å². The van der Waals surface area contributed by atoms with Gasteiger partial charge in [0, 0.05) is 11.3 Å². The summed E-state index contributed by atoms with van der Waals surface area (Å²) in [5, 5.41) is 5.43. The summed E-state index contributed by atoms with van der Waals surface area (Å²) in [4.78, 5) is 26.8. The highest BCUT2D eigenvalue weighted by atomic mass is 31.2. The molecule has 2 aromatic carbocycles. The Morgan fingerprint density at radius 3 is 2.55 bits per heavy atom. The summed E-state index contributed by atoms with van der Waals surface area (Å²) in [6.07, 6.45) is 5.26. The van der Waals surface area contributed by atoms with E-state index in [2.05, 4.69) is 27.0 Å². The van der Waals surface area contributed by atoms with Crippen LogP contribution in [-0.4, -0.2) is 57.5 Å². The number of rotatable bonds is 12. The Hall–Kier alpha value is -3.57. The summed E-state index contributed by atoms with van der Waals surface area (Å²) in [7, 11) is -0.245. The molecule has 1 aliphatic carbocycles. The van der Waals surface area contributed by atoms with Crippen LogP contribution in [0.2, 0.25) is 0 Å². The van der Waals surface area contributed by atoms with Gasteiger partial charge in [0.05, 0.1) is 19.8 Å². The predicted molar refractivity (Wildman–Crippen MR) is 192 cm³/mol. The van der Waals surface area contributed by atoms with Crippen molar-refractivity contribution in [3.05, 3.63) is 48.3 Å². The molecule has 1 saturated heterocycles. The van der Waals surface area contributed by atoms with Gasteiger partial charge < -0.3 is 29.0 Å². The number of hydrogen-bond donors (Lipinski definition) is 2. The molecule has 3 heterocycles. The van der Waals surface area contributed by atoms with E-state index in [9.17, 15) is 4.79 Å². The van der Waals surface area contributed by atoms with Gasteiger partial charge in [-0.25, -0.2) is 10.1 Å². The molecule has 5 unspecified atom stereocenters. The molecule has 0 amide bonds. The number of ether oxygens (including phenoxy) is 3. The van der Waals surface area contributed by atoms with Gasteiger partial charge in [0.2, 0.25) is 11.8 Å². The van der Waals surface area contributed by atoms with Crippen LogP contribution >= 0.6 is 8.53 Å².